The second-order valence-corrected chi connectivity index (χ2v) is 5.02. The number of fused-ring (bicyclic) bond motifs is 1. The molecule has 0 amide bonds. The first-order chi connectivity index (χ1) is 9.19. The van der Waals surface area contributed by atoms with Gasteiger partial charge in [0.2, 0.25) is 5.95 Å². The Bertz CT molecular complexity index is 752. The maximum absolute atomic E-state index is 13.4. The fourth-order valence-electron chi connectivity index (χ4n) is 2.09. The van der Waals surface area contributed by atoms with Gasteiger partial charge >= 0.3 is 0 Å². The monoisotopic (exact) mass is 273 g/mol. The van der Waals surface area contributed by atoms with Crippen molar-refractivity contribution in [1.29, 1.82) is 0 Å². The van der Waals surface area contributed by atoms with Gasteiger partial charge in [0.05, 0.1) is 16.7 Å². The first-order valence-corrected chi connectivity index (χ1v) is 6.99. The van der Waals surface area contributed by atoms with Crippen molar-refractivity contribution < 1.29 is 4.39 Å². The number of imidazole rings is 1. The number of rotatable bonds is 2. The summed E-state index contributed by atoms with van der Waals surface area (Å²) in [5.41, 5.74) is 8.20. The van der Waals surface area contributed by atoms with Gasteiger partial charge in [-0.05, 0) is 36.6 Å². The highest BCUT2D eigenvalue weighted by Gasteiger charge is 2.11. The summed E-state index contributed by atoms with van der Waals surface area (Å²) in [5.74, 6) is 0.0634. The number of nitrogens with two attached hydrogens (primary N) is 1. The first kappa shape index (κ1) is 12.0. The molecule has 3 nitrogen and oxygen atoms in total. The third kappa shape index (κ3) is 2.06. The second-order valence-electron chi connectivity index (χ2n) is 4.14. The molecule has 0 bridgehead atoms. The smallest absolute Gasteiger partial charge is 0.205 e. The topological polar surface area (TPSA) is 43.8 Å². The van der Waals surface area contributed by atoms with Crippen LogP contribution in [0.25, 0.3) is 16.7 Å². The molecule has 0 aliphatic heterocycles. The van der Waals surface area contributed by atoms with Crippen molar-refractivity contribution in [1.82, 2.24) is 9.55 Å². The van der Waals surface area contributed by atoms with Crippen LogP contribution in [0.3, 0.4) is 0 Å². The Kier molecular flexibility index (Phi) is 2.91. The molecule has 0 atom stereocenters. The number of nitrogens with zero attached hydrogens (tertiary/aromatic N) is 2. The van der Waals surface area contributed by atoms with Crippen LogP contribution >= 0.6 is 11.8 Å². The molecule has 2 aromatic carbocycles. The summed E-state index contributed by atoms with van der Waals surface area (Å²) in [4.78, 5) is 5.37. The van der Waals surface area contributed by atoms with E-state index in [1.807, 2.05) is 30.5 Å². The number of nitrogen functional groups attached to an aromatic ring is 1. The molecule has 0 aliphatic rings. The Morgan fingerprint density at radius 2 is 2.05 bits per heavy atom. The van der Waals surface area contributed by atoms with Gasteiger partial charge in [0.15, 0.2) is 0 Å². The number of aromatic nitrogens is 2. The number of hydrogen-bond donors (Lipinski definition) is 1. The van der Waals surface area contributed by atoms with Gasteiger partial charge in [-0.3, -0.25) is 4.57 Å². The lowest BCUT2D eigenvalue weighted by Gasteiger charge is -2.07. The van der Waals surface area contributed by atoms with Crippen molar-refractivity contribution in [2.45, 2.75) is 4.90 Å². The predicted octanol–water partition coefficient (Wildman–Crippen LogP) is 3.47. The van der Waals surface area contributed by atoms with Gasteiger partial charge in [-0.15, -0.1) is 11.8 Å². The van der Waals surface area contributed by atoms with E-state index in [1.165, 1.54) is 12.1 Å². The van der Waals surface area contributed by atoms with Crippen LogP contribution < -0.4 is 5.73 Å². The molecule has 0 radical (unpaired) electrons. The molecule has 3 rings (SSSR count). The molecule has 0 unspecified atom stereocenters. The summed E-state index contributed by atoms with van der Waals surface area (Å²) >= 11 is 1.65. The van der Waals surface area contributed by atoms with E-state index in [0.717, 1.165) is 10.6 Å². The van der Waals surface area contributed by atoms with E-state index in [0.29, 0.717) is 17.0 Å². The Labute approximate surface area is 114 Å². The fraction of sp³-hybridized carbons (Fsp3) is 0.0714. The normalized spacial score (nSPS) is 11.1. The van der Waals surface area contributed by atoms with Crippen LogP contribution in [-0.2, 0) is 0 Å². The van der Waals surface area contributed by atoms with E-state index in [-0.39, 0.29) is 5.82 Å². The zero-order chi connectivity index (χ0) is 13.4. The maximum atomic E-state index is 13.4. The van der Waals surface area contributed by atoms with Crippen LogP contribution in [0.5, 0.6) is 0 Å². The van der Waals surface area contributed by atoms with Crippen LogP contribution in [0.4, 0.5) is 10.3 Å². The van der Waals surface area contributed by atoms with Crippen LogP contribution in [0.2, 0.25) is 0 Å². The minimum Gasteiger partial charge on any atom is -0.369 e. The minimum atomic E-state index is -0.297. The number of benzene rings is 2. The Balaban J connectivity index is 2.28. The molecule has 1 heterocycles. The second kappa shape index (κ2) is 4.59. The number of halogens is 1. The average molecular weight is 273 g/mol. The molecule has 5 heteroatoms. The SMILES string of the molecule is CSc1cccc(-n2c(N)nc3ccc(F)cc32)c1. The van der Waals surface area contributed by atoms with Crippen molar-refractivity contribution in [3.8, 4) is 5.69 Å². The number of thioether (sulfide) groups is 1. The van der Waals surface area contributed by atoms with Gasteiger partial charge in [-0.2, -0.15) is 0 Å². The summed E-state index contributed by atoms with van der Waals surface area (Å²) in [6, 6.07) is 12.4. The standard InChI is InChI=1S/C14H12FN3S/c1-19-11-4-2-3-10(8-11)18-13-7-9(15)5-6-12(13)17-14(18)16/h2-8H,1H3,(H2,16,17). The van der Waals surface area contributed by atoms with Crippen LogP contribution in [-0.4, -0.2) is 15.8 Å². The summed E-state index contributed by atoms with van der Waals surface area (Å²) < 4.78 is 15.2. The van der Waals surface area contributed by atoms with Gasteiger partial charge in [0, 0.05) is 11.0 Å². The van der Waals surface area contributed by atoms with Gasteiger partial charge in [-0.1, -0.05) is 6.07 Å². The lowest BCUT2D eigenvalue weighted by Crippen LogP contribution is -2.00. The highest BCUT2D eigenvalue weighted by atomic mass is 32.2. The quantitative estimate of drug-likeness (QED) is 0.727. The summed E-state index contributed by atoms with van der Waals surface area (Å²) in [5, 5.41) is 0. The molecule has 19 heavy (non-hydrogen) atoms. The molecule has 0 aliphatic carbocycles. The summed E-state index contributed by atoms with van der Waals surface area (Å²) in [6.07, 6.45) is 2.01. The molecular weight excluding hydrogens is 261 g/mol. The first-order valence-electron chi connectivity index (χ1n) is 5.77. The van der Waals surface area contributed by atoms with Crippen molar-refractivity contribution in [3.05, 3.63) is 48.3 Å². The third-order valence-corrected chi connectivity index (χ3v) is 3.68. The lowest BCUT2D eigenvalue weighted by atomic mass is 10.2. The molecule has 1 aromatic heterocycles. The van der Waals surface area contributed by atoms with Crippen molar-refractivity contribution >= 4 is 28.7 Å². The van der Waals surface area contributed by atoms with Gasteiger partial charge in [-0.25, -0.2) is 9.37 Å². The molecule has 0 saturated carbocycles. The van der Waals surface area contributed by atoms with E-state index in [1.54, 1.807) is 22.4 Å². The maximum Gasteiger partial charge on any atom is 0.205 e. The predicted molar refractivity (Wildman–Crippen MR) is 77.2 cm³/mol. The van der Waals surface area contributed by atoms with Crippen LogP contribution in [0.1, 0.15) is 0 Å². The zero-order valence-corrected chi connectivity index (χ0v) is 11.1. The number of hydrogen-bond acceptors (Lipinski definition) is 3. The minimum absolute atomic E-state index is 0.297. The Morgan fingerprint density at radius 3 is 2.84 bits per heavy atom. The fourth-order valence-corrected chi connectivity index (χ4v) is 2.54. The molecule has 0 saturated heterocycles. The molecular formula is C14H12FN3S. The largest absolute Gasteiger partial charge is 0.369 e. The highest BCUT2D eigenvalue weighted by molar-refractivity contribution is 7.98. The molecule has 96 valence electrons. The molecule has 3 aromatic rings. The Morgan fingerprint density at radius 1 is 1.21 bits per heavy atom. The van der Waals surface area contributed by atoms with Gasteiger partial charge in [0.1, 0.15) is 5.82 Å². The van der Waals surface area contributed by atoms with E-state index in [4.69, 9.17) is 5.73 Å². The molecule has 0 fully saturated rings. The highest BCUT2D eigenvalue weighted by Crippen LogP contribution is 2.26. The van der Waals surface area contributed by atoms with E-state index in [9.17, 15) is 4.39 Å². The molecule has 2 N–H and O–H groups in total. The molecule has 0 spiro atoms. The van der Waals surface area contributed by atoms with Gasteiger partial charge in [0.25, 0.3) is 0 Å². The van der Waals surface area contributed by atoms with E-state index in [2.05, 4.69) is 4.98 Å². The zero-order valence-electron chi connectivity index (χ0n) is 10.3. The van der Waals surface area contributed by atoms with E-state index >= 15 is 0 Å². The average Bonchev–Trinajstić information content (AvgIpc) is 2.74. The van der Waals surface area contributed by atoms with E-state index < -0.39 is 0 Å². The lowest BCUT2D eigenvalue weighted by molar-refractivity contribution is 0.629. The summed E-state index contributed by atoms with van der Waals surface area (Å²) in [6.45, 7) is 0. The van der Waals surface area contributed by atoms with Crippen molar-refractivity contribution in [2.75, 3.05) is 12.0 Å². The van der Waals surface area contributed by atoms with Crippen LogP contribution in [0.15, 0.2) is 47.4 Å². The van der Waals surface area contributed by atoms with Crippen molar-refractivity contribution in [2.24, 2.45) is 0 Å². The van der Waals surface area contributed by atoms with Crippen molar-refractivity contribution in [3.63, 3.8) is 0 Å². The summed E-state index contributed by atoms with van der Waals surface area (Å²) in [7, 11) is 0. The number of anilines is 1. The van der Waals surface area contributed by atoms with Crippen LogP contribution in [0, 0.1) is 5.82 Å². The third-order valence-electron chi connectivity index (χ3n) is 2.95. The van der Waals surface area contributed by atoms with Gasteiger partial charge < -0.3 is 5.73 Å². The Hall–Kier alpha value is -2.01.